The van der Waals surface area contributed by atoms with Crippen LogP contribution in [0.25, 0.3) is 0 Å². The molecular formula is C10H17N3O2S. The highest BCUT2D eigenvalue weighted by molar-refractivity contribution is 7.13. The van der Waals surface area contributed by atoms with Crippen LogP contribution in [-0.4, -0.2) is 36.5 Å². The van der Waals surface area contributed by atoms with Crippen molar-refractivity contribution >= 4 is 16.3 Å². The molecule has 1 rings (SSSR count). The molecule has 1 N–H and O–H groups in total. The summed E-state index contributed by atoms with van der Waals surface area (Å²) >= 11 is 1.17. The third-order valence-electron chi connectivity index (χ3n) is 2.47. The van der Waals surface area contributed by atoms with Crippen LogP contribution in [0.2, 0.25) is 0 Å². The predicted molar refractivity (Wildman–Crippen MR) is 65.8 cm³/mol. The second-order valence-electron chi connectivity index (χ2n) is 3.99. The molecule has 0 fully saturated rings. The van der Waals surface area contributed by atoms with Crippen LogP contribution in [0.15, 0.2) is 11.4 Å². The van der Waals surface area contributed by atoms with Crippen LogP contribution < -0.4 is 5.32 Å². The fourth-order valence-electron chi connectivity index (χ4n) is 1.16. The first-order valence-electron chi connectivity index (χ1n) is 5.09. The summed E-state index contributed by atoms with van der Waals surface area (Å²) in [5.74, 6) is 0. The minimum atomic E-state index is -0.351. The molecular weight excluding hydrogens is 226 g/mol. The molecule has 5 nitrogen and oxygen atoms in total. The van der Waals surface area contributed by atoms with Gasteiger partial charge in [-0.3, -0.25) is 10.1 Å². The first-order chi connectivity index (χ1) is 7.50. The Labute approximate surface area is 99.2 Å². The summed E-state index contributed by atoms with van der Waals surface area (Å²) in [5.41, 5.74) is 0.975. The smallest absolute Gasteiger partial charge is 0.311 e. The van der Waals surface area contributed by atoms with Gasteiger partial charge in [0.15, 0.2) is 0 Å². The van der Waals surface area contributed by atoms with Gasteiger partial charge in [0, 0.05) is 30.6 Å². The Kier molecular flexibility index (Phi) is 4.85. The van der Waals surface area contributed by atoms with Gasteiger partial charge in [-0.2, -0.15) is 0 Å². The first-order valence-corrected chi connectivity index (χ1v) is 5.97. The summed E-state index contributed by atoms with van der Waals surface area (Å²) < 4.78 is 0. The molecule has 0 amide bonds. The van der Waals surface area contributed by atoms with Crippen LogP contribution in [-0.2, 0) is 6.54 Å². The number of nitro groups is 1. The SMILES string of the molecule is CC(CNCc1csc([N+](=O)[O-])c1)N(C)C. The molecule has 1 aromatic rings. The van der Waals surface area contributed by atoms with E-state index in [4.69, 9.17) is 0 Å². The van der Waals surface area contributed by atoms with Crippen LogP contribution in [0.5, 0.6) is 0 Å². The van der Waals surface area contributed by atoms with Gasteiger partial charge in [0.05, 0.1) is 4.92 Å². The average Bonchev–Trinajstić information content (AvgIpc) is 2.66. The molecule has 0 aliphatic carbocycles. The average molecular weight is 243 g/mol. The van der Waals surface area contributed by atoms with Crippen molar-refractivity contribution in [3.05, 3.63) is 27.1 Å². The highest BCUT2D eigenvalue weighted by atomic mass is 32.1. The first kappa shape index (κ1) is 13.1. The number of nitrogens with one attached hydrogen (secondary N) is 1. The summed E-state index contributed by atoms with van der Waals surface area (Å²) in [7, 11) is 4.06. The van der Waals surface area contributed by atoms with E-state index in [0.29, 0.717) is 12.6 Å². The number of hydrogen-bond donors (Lipinski definition) is 1. The van der Waals surface area contributed by atoms with Gasteiger partial charge in [-0.05, 0) is 26.6 Å². The van der Waals surface area contributed by atoms with Crippen LogP contribution in [0.3, 0.4) is 0 Å². The molecule has 0 saturated carbocycles. The second-order valence-corrected chi connectivity index (χ2v) is 4.88. The molecule has 1 heterocycles. The van der Waals surface area contributed by atoms with E-state index in [0.717, 1.165) is 12.1 Å². The molecule has 16 heavy (non-hydrogen) atoms. The van der Waals surface area contributed by atoms with Gasteiger partial charge < -0.3 is 10.2 Å². The van der Waals surface area contributed by atoms with Crippen LogP contribution in [0.4, 0.5) is 5.00 Å². The van der Waals surface area contributed by atoms with Gasteiger partial charge >= 0.3 is 5.00 Å². The van der Waals surface area contributed by atoms with Crippen molar-refractivity contribution in [2.24, 2.45) is 0 Å². The second kappa shape index (κ2) is 5.93. The zero-order valence-electron chi connectivity index (χ0n) is 9.77. The van der Waals surface area contributed by atoms with E-state index in [9.17, 15) is 10.1 Å². The molecule has 0 aliphatic rings. The summed E-state index contributed by atoms with van der Waals surface area (Å²) in [4.78, 5) is 12.3. The Morgan fingerprint density at radius 2 is 2.31 bits per heavy atom. The maximum atomic E-state index is 10.5. The van der Waals surface area contributed by atoms with E-state index in [1.165, 1.54) is 11.3 Å². The Morgan fingerprint density at radius 1 is 1.62 bits per heavy atom. The van der Waals surface area contributed by atoms with Crippen molar-refractivity contribution in [3.63, 3.8) is 0 Å². The molecule has 6 heteroatoms. The minimum absolute atomic E-state index is 0.206. The highest BCUT2D eigenvalue weighted by Crippen LogP contribution is 2.22. The molecule has 1 atom stereocenters. The van der Waals surface area contributed by atoms with E-state index in [-0.39, 0.29) is 9.92 Å². The van der Waals surface area contributed by atoms with Crippen LogP contribution >= 0.6 is 11.3 Å². The zero-order valence-corrected chi connectivity index (χ0v) is 10.6. The van der Waals surface area contributed by atoms with Gasteiger partial charge in [-0.1, -0.05) is 11.3 Å². The maximum Gasteiger partial charge on any atom is 0.324 e. The van der Waals surface area contributed by atoms with E-state index in [1.54, 1.807) is 6.07 Å². The molecule has 1 aromatic heterocycles. The van der Waals surface area contributed by atoms with Gasteiger partial charge in [0.1, 0.15) is 0 Å². The van der Waals surface area contributed by atoms with Crippen LogP contribution in [0.1, 0.15) is 12.5 Å². The fourth-order valence-corrected chi connectivity index (χ4v) is 1.89. The number of likely N-dealkylation sites (N-methyl/N-ethyl adjacent to an activating group) is 1. The van der Waals surface area contributed by atoms with Crippen molar-refractivity contribution < 1.29 is 4.92 Å². The van der Waals surface area contributed by atoms with Crippen molar-refractivity contribution in [2.75, 3.05) is 20.6 Å². The van der Waals surface area contributed by atoms with Gasteiger partial charge in [-0.25, -0.2) is 0 Å². The monoisotopic (exact) mass is 243 g/mol. The van der Waals surface area contributed by atoms with Crippen molar-refractivity contribution in [1.82, 2.24) is 10.2 Å². The lowest BCUT2D eigenvalue weighted by Gasteiger charge is -2.19. The van der Waals surface area contributed by atoms with E-state index in [2.05, 4.69) is 17.1 Å². The van der Waals surface area contributed by atoms with E-state index >= 15 is 0 Å². The molecule has 0 aliphatic heterocycles. The Balaban J connectivity index is 2.35. The van der Waals surface area contributed by atoms with E-state index in [1.807, 2.05) is 19.5 Å². The molecule has 0 aromatic carbocycles. The zero-order chi connectivity index (χ0) is 12.1. The van der Waals surface area contributed by atoms with E-state index < -0.39 is 0 Å². The number of thiophene rings is 1. The summed E-state index contributed by atoms with van der Waals surface area (Å²) in [5, 5.41) is 15.8. The van der Waals surface area contributed by atoms with Gasteiger partial charge in [-0.15, -0.1) is 0 Å². The number of rotatable bonds is 6. The molecule has 0 bridgehead atoms. The van der Waals surface area contributed by atoms with Crippen molar-refractivity contribution in [1.29, 1.82) is 0 Å². The minimum Gasteiger partial charge on any atom is -0.311 e. The highest BCUT2D eigenvalue weighted by Gasteiger charge is 2.09. The quantitative estimate of drug-likeness (QED) is 0.610. The lowest BCUT2D eigenvalue weighted by Crippen LogP contribution is -2.35. The van der Waals surface area contributed by atoms with Crippen molar-refractivity contribution in [3.8, 4) is 0 Å². The van der Waals surface area contributed by atoms with Crippen molar-refractivity contribution in [2.45, 2.75) is 19.5 Å². The Hall–Kier alpha value is -0.980. The maximum absolute atomic E-state index is 10.5. The summed E-state index contributed by atoms with van der Waals surface area (Å²) in [6, 6.07) is 2.08. The normalized spacial score (nSPS) is 13.0. The Bertz CT molecular complexity index is 352. The Morgan fingerprint density at radius 3 is 2.81 bits per heavy atom. The largest absolute Gasteiger partial charge is 0.324 e. The lowest BCUT2D eigenvalue weighted by atomic mass is 10.3. The third-order valence-corrected chi connectivity index (χ3v) is 3.40. The topological polar surface area (TPSA) is 58.4 Å². The molecule has 0 radical (unpaired) electrons. The van der Waals surface area contributed by atoms with Crippen LogP contribution in [0, 0.1) is 10.1 Å². The molecule has 90 valence electrons. The van der Waals surface area contributed by atoms with Gasteiger partial charge in [0.2, 0.25) is 0 Å². The lowest BCUT2D eigenvalue weighted by molar-refractivity contribution is -0.380. The third kappa shape index (κ3) is 3.88. The number of hydrogen-bond acceptors (Lipinski definition) is 5. The molecule has 0 spiro atoms. The summed E-state index contributed by atoms with van der Waals surface area (Å²) in [6.45, 7) is 3.68. The van der Waals surface area contributed by atoms with Gasteiger partial charge in [0.25, 0.3) is 0 Å². The molecule has 1 unspecified atom stereocenters. The number of nitrogens with zero attached hydrogens (tertiary/aromatic N) is 2. The predicted octanol–water partition coefficient (Wildman–Crippen LogP) is 1.70. The standard InChI is InChI=1S/C10H17N3O2S/c1-8(12(2)3)5-11-6-9-4-10(13(14)15)16-7-9/h4,7-8,11H,5-6H2,1-3H3. The fraction of sp³-hybridized carbons (Fsp3) is 0.600. The summed E-state index contributed by atoms with van der Waals surface area (Å²) in [6.07, 6.45) is 0. The molecule has 0 saturated heterocycles.